The van der Waals surface area contributed by atoms with Crippen molar-refractivity contribution in [2.75, 3.05) is 11.9 Å². The maximum atomic E-state index is 5.77. The fraction of sp³-hybridized carbons (Fsp3) is 0.625. The van der Waals surface area contributed by atoms with Gasteiger partial charge >= 0.3 is 0 Å². The van der Waals surface area contributed by atoms with Crippen molar-refractivity contribution in [3.63, 3.8) is 0 Å². The van der Waals surface area contributed by atoms with Crippen molar-refractivity contribution in [1.29, 1.82) is 0 Å². The quantitative estimate of drug-likeness (QED) is 0.767. The Kier molecular flexibility index (Phi) is 4.91. The zero-order valence-electron chi connectivity index (χ0n) is 11.6. The zero-order valence-corrected chi connectivity index (χ0v) is 11.6. The molecule has 0 aromatic heterocycles. The normalized spacial score (nSPS) is 17.0. The SMILES string of the molecule is CCCOc1ccccc1NC(C)CC1CCC1. The summed E-state index contributed by atoms with van der Waals surface area (Å²) in [5, 5.41) is 3.59. The number of nitrogens with one attached hydrogen (secondary N) is 1. The summed E-state index contributed by atoms with van der Waals surface area (Å²) in [6.07, 6.45) is 6.58. The first-order valence-corrected chi connectivity index (χ1v) is 7.28. The van der Waals surface area contributed by atoms with Gasteiger partial charge < -0.3 is 10.1 Å². The molecule has 0 aliphatic heterocycles. The topological polar surface area (TPSA) is 21.3 Å². The van der Waals surface area contributed by atoms with E-state index in [0.717, 1.165) is 30.4 Å². The Balaban J connectivity index is 1.89. The first kappa shape index (κ1) is 13.3. The van der Waals surface area contributed by atoms with E-state index >= 15 is 0 Å². The fourth-order valence-electron chi connectivity index (χ4n) is 2.48. The highest BCUT2D eigenvalue weighted by Crippen LogP contribution is 2.32. The van der Waals surface area contributed by atoms with Gasteiger partial charge in [-0.1, -0.05) is 38.3 Å². The van der Waals surface area contributed by atoms with Crippen LogP contribution in [-0.4, -0.2) is 12.6 Å². The Hall–Kier alpha value is -1.18. The minimum absolute atomic E-state index is 0.529. The molecular formula is C16H25NO. The first-order valence-electron chi connectivity index (χ1n) is 7.28. The van der Waals surface area contributed by atoms with Crippen LogP contribution in [0.1, 0.15) is 46.0 Å². The van der Waals surface area contributed by atoms with Gasteiger partial charge in [-0.05, 0) is 37.8 Å². The maximum Gasteiger partial charge on any atom is 0.142 e. The van der Waals surface area contributed by atoms with Crippen LogP contribution in [0.25, 0.3) is 0 Å². The molecule has 18 heavy (non-hydrogen) atoms. The van der Waals surface area contributed by atoms with Gasteiger partial charge in [-0.2, -0.15) is 0 Å². The summed E-state index contributed by atoms with van der Waals surface area (Å²) in [7, 11) is 0. The average molecular weight is 247 g/mol. The van der Waals surface area contributed by atoms with Gasteiger partial charge in [0.15, 0.2) is 0 Å². The van der Waals surface area contributed by atoms with E-state index in [4.69, 9.17) is 4.74 Å². The zero-order chi connectivity index (χ0) is 12.8. The van der Waals surface area contributed by atoms with Gasteiger partial charge in [0.2, 0.25) is 0 Å². The molecule has 1 aliphatic rings. The van der Waals surface area contributed by atoms with E-state index in [-0.39, 0.29) is 0 Å². The molecule has 1 unspecified atom stereocenters. The summed E-state index contributed by atoms with van der Waals surface area (Å²) in [4.78, 5) is 0. The predicted octanol–water partition coefficient (Wildman–Crippen LogP) is 4.47. The fourth-order valence-corrected chi connectivity index (χ4v) is 2.48. The summed E-state index contributed by atoms with van der Waals surface area (Å²) in [6, 6.07) is 8.79. The molecule has 1 aromatic rings. The van der Waals surface area contributed by atoms with Crippen molar-refractivity contribution in [2.45, 2.75) is 52.0 Å². The third kappa shape index (κ3) is 3.66. The molecule has 0 bridgehead atoms. The molecule has 0 amide bonds. The maximum absolute atomic E-state index is 5.77. The lowest BCUT2D eigenvalue weighted by Gasteiger charge is -2.29. The van der Waals surface area contributed by atoms with Gasteiger partial charge in [-0.3, -0.25) is 0 Å². The van der Waals surface area contributed by atoms with Crippen LogP contribution in [0.3, 0.4) is 0 Å². The minimum atomic E-state index is 0.529. The Morgan fingerprint density at radius 3 is 2.78 bits per heavy atom. The number of hydrogen-bond acceptors (Lipinski definition) is 2. The summed E-state index contributed by atoms with van der Waals surface area (Å²) in [5.41, 5.74) is 1.14. The van der Waals surface area contributed by atoms with Gasteiger partial charge in [-0.25, -0.2) is 0 Å². The minimum Gasteiger partial charge on any atom is -0.491 e. The highest BCUT2D eigenvalue weighted by Gasteiger charge is 2.20. The van der Waals surface area contributed by atoms with E-state index in [1.807, 2.05) is 12.1 Å². The molecule has 100 valence electrons. The number of ether oxygens (including phenoxy) is 1. The van der Waals surface area contributed by atoms with Crippen LogP contribution in [0.5, 0.6) is 5.75 Å². The third-order valence-electron chi connectivity index (χ3n) is 3.66. The van der Waals surface area contributed by atoms with Crippen LogP contribution < -0.4 is 10.1 Å². The number of para-hydroxylation sites is 2. The molecule has 1 atom stereocenters. The smallest absolute Gasteiger partial charge is 0.142 e. The van der Waals surface area contributed by atoms with Crippen LogP contribution in [-0.2, 0) is 0 Å². The largest absolute Gasteiger partial charge is 0.491 e. The van der Waals surface area contributed by atoms with Gasteiger partial charge in [0.1, 0.15) is 5.75 Å². The van der Waals surface area contributed by atoms with Crippen LogP contribution in [0.2, 0.25) is 0 Å². The molecule has 0 saturated heterocycles. The third-order valence-corrected chi connectivity index (χ3v) is 3.66. The molecule has 1 aromatic carbocycles. The Bertz CT molecular complexity index is 360. The highest BCUT2D eigenvalue weighted by atomic mass is 16.5. The molecular weight excluding hydrogens is 222 g/mol. The molecule has 1 aliphatic carbocycles. The Morgan fingerprint density at radius 2 is 2.11 bits per heavy atom. The molecule has 0 radical (unpaired) electrons. The molecule has 0 heterocycles. The van der Waals surface area contributed by atoms with E-state index in [0.29, 0.717) is 6.04 Å². The number of benzene rings is 1. The standard InChI is InChI=1S/C16H25NO/c1-3-11-18-16-10-5-4-9-15(16)17-13(2)12-14-7-6-8-14/h4-5,9-10,13-14,17H,3,6-8,11-12H2,1-2H3. The lowest BCUT2D eigenvalue weighted by molar-refractivity contribution is 0.285. The molecule has 2 rings (SSSR count). The molecule has 2 heteroatoms. The Morgan fingerprint density at radius 1 is 1.33 bits per heavy atom. The number of rotatable bonds is 7. The van der Waals surface area contributed by atoms with Crippen molar-refractivity contribution in [2.24, 2.45) is 5.92 Å². The van der Waals surface area contributed by atoms with Crippen molar-refractivity contribution < 1.29 is 4.74 Å². The van der Waals surface area contributed by atoms with Crippen LogP contribution in [0.4, 0.5) is 5.69 Å². The van der Waals surface area contributed by atoms with Crippen molar-refractivity contribution >= 4 is 5.69 Å². The highest BCUT2D eigenvalue weighted by molar-refractivity contribution is 5.56. The van der Waals surface area contributed by atoms with Crippen molar-refractivity contribution in [1.82, 2.24) is 0 Å². The summed E-state index contributed by atoms with van der Waals surface area (Å²) in [5.74, 6) is 1.93. The number of anilines is 1. The molecule has 1 saturated carbocycles. The second kappa shape index (κ2) is 6.67. The molecule has 1 N–H and O–H groups in total. The first-order chi connectivity index (χ1) is 8.79. The molecule has 0 spiro atoms. The van der Waals surface area contributed by atoms with Crippen molar-refractivity contribution in [3.05, 3.63) is 24.3 Å². The van der Waals surface area contributed by atoms with Gasteiger partial charge in [-0.15, -0.1) is 0 Å². The van der Waals surface area contributed by atoms with E-state index in [2.05, 4.69) is 31.3 Å². The van der Waals surface area contributed by atoms with E-state index in [1.165, 1.54) is 25.7 Å². The second-order valence-electron chi connectivity index (χ2n) is 5.42. The van der Waals surface area contributed by atoms with E-state index in [1.54, 1.807) is 0 Å². The van der Waals surface area contributed by atoms with Crippen LogP contribution >= 0.6 is 0 Å². The lowest BCUT2D eigenvalue weighted by Crippen LogP contribution is -2.23. The monoisotopic (exact) mass is 247 g/mol. The summed E-state index contributed by atoms with van der Waals surface area (Å²) >= 11 is 0. The molecule has 2 nitrogen and oxygen atoms in total. The summed E-state index contributed by atoms with van der Waals surface area (Å²) in [6.45, 7) is 5.19. The molecule has 1 fully saturated rings. The van der Waals surface area contributed by atoms with Gasteiger partial charge in [0.05, 0.1) is 12.3 Å². The van der Waals surface area contributed by atoms with Crippen LogP contribution in [0.15, 0.2) is 24.3 Å². The Labute approximate surface area is 111 Å². The van der Waals surface area contributed by atoms with Gasteiger partial charge in [0.25, 0.3) is 0 Å². The van der Waals surface area contributed by atoms with E-state index in [9.17, 15) is 0 Å². The predicted molar refractivity (Wildman–Crippen MR) is 77.3 cm³/mol. The number of hydrogen-bond donors (Lipinski definition) is 1. The van der Waals surface area contributed by atoms with E-state index < -0.39 is 0 Å². The summed E-state index contributed by atoms with van der Waals surface area (Å²) < 4.78 is 5.77. The van der Waals surface area contributed by atoms with Crippen molar-refractivity contribution in [3.8, 4) is 5.75 Å². The average Bonchev–Trinajstić information content (AvgIpc) is 2.33. The lowest BCUT2D eigenvalue weighted by atomic mass is 9.81. The van der Waals surface area contributed by atoms with Gasteiger partial charge in [0, 0.05) is 6.04 Å². The second-order valence-corrected chi connectivity index (χ2v) is 5.42. The van der Waals surface area contributed by atoms with Crippen LogP contribution in [0, 0.1) is 5.92 Å².